The van der Waals surface area contributed by atoms with E-state index in [2.05, 4.69) is 15.0 Å². The number of sulfone groups is 1. The van der Waals surface area contributed by atoms with Crippen LogP contribution in [-0.4, -0.2) is 84.1 Å². The van der Waals surface area contributed by atoms with Crippen LogP contribution >= 0.6 is 11.6 Å². The van der Waals surface area contributed by atoms with Crippen molar-refractivity contribution in [3.05, 3.63) is 59.6 Å². The lowest BCUT2D eigenvalue weighted by atomic mass is 10.0. The van der Waals surface area contributed by atoms with Crippen LogP contribution in [-0.2, 0) is 19.3 Å². The van der Waals surface area contributed by atoms with E-state index in [0.717, 1.165) is 16.7 Å². The summed E-state index contributed by atoms with van der Waals surface area (Å²) in [6, 6.07) is 16.5. The fourth-order valence-electron chi connectivity index (χ4n) is 4.86. The molecule has 3 unspecified atom stereocenters. The van der Waals surface area contributed by atoms with E-state index in [1.165, 1.54) is 0 Å². The van der Waals surface area contributed by atoms with Crippen LogP contribution in [0, 0.1) is 5.92 Å². The number of pyridine rings is 1. The van der Waals surface area contributed by atoms with E-state index in [9.17, 15) is 18.6 Å². The van der Waals surface area contributed by atoms with Gasteiger partial charge < -0.3 is 29.4 Å². The summed E-state index contributed by atoms with van der Waals surface area (Å²) in [7, 11) is -3.34. The molecule has 0 spiro atoms. The van der Waals surface area contributed by atoms with Crippen molar-refractivity contribution in [3.63, 3.8) is 0 Å². The first-order valence-electron chi connectivity index (χ1n) is 12.9. The summed E-state index contributed by atoms with van der Waals surface area (Å²) < 4.78 is 41.7. The number of aromatic amines is 1. The highest BCUT2D eigenvalue weighted by molar-refractivity contribution is 7.91. The number of rotatable bonds is 8. The van der Waals surface area contributed by atoms with Crippen molar-refractivity contribution in [2.75, 3.05) is 32.2 Å². The van der Waals surface area contributed by atoms with Crippen LogP contribution in [0.5, 0.6) is 6.01 Å². The Morgan fingerprint density at radius 1 is 1.00 bits per heavy atom. The Bertz CT molecular complexity index is 1610. The number of nitrogens with one attached hydrogen (secondary N) is 1. The first kappa shape index (κ1) is 27.1. The summed E-state index contributed by atoms with van der Waals surface area (Å²) >= 11 is 6.56. The number of aromatic nitrogens is 3. The van der Waals surface area contributed by atoms with Gasteiger partial charge in [-0.15, -0.1) is 0 Å². The fourth-order valence-corrected chi connectivity index (χ4v) is 6.68. The lowest BCUT2D eigenvalue weighted by Crippen LogP contribution is -2.45. The highest BCUT2D eigenvalue weighted by Gasteiger charge is 2.31. The van der Waals surface area contributed by atoms with Gasteiger partial charge in [-0.05, 0) is 29.3 Å². The molecule has 0 amide bonds. The van der Waals surface area contributed by atoms with Crippen LogP contribution < -0.4 is 4.74 Å². The average molecular weight is 586 g/mol. The Hall–Kier alpha value is -3.06. The predicted octanol–water partition coefficient (Wildman–Crippen LogP) is 3.25. The molecule has 4 heterocycles. The van der Waals surface area contributed by atoms with Gasteiger partial charge >= 0.3 is 0 Å². The Balaban J connectivity index is 1.17. The fraction of sp³-hybridized carbons (Fsp3) is 0.357. The van der Waals surface area contributed by atoms with Gasteiger partial charge in [-0.2, -0.15) is 4.98 Å². The number of halogens is 1. The van der Waals surface area contributed by atoms with E-state index in [0.29, 0.717) is 46.4 Å². The third-order valence-corrected chi connectivity index (χ3v) is 9.35. The minimum atomic E-state index is -3.34. The maximum Gasteiger partial charge on any atom is 0.296 e. The average Bonchev–Trinajstić information content (AvgIpc) is 3.31. The molecule has 40 heavy (non-hydrogen) atoms. The van der Waals surface area contributed by atoms with Crippen molar-refractivity contribution < 1.29 is 32.8 Å². The molecule has 3 N–H and O–H groups in total. The first-order valence-corrected chi connectivity index (χ1v) is 15.0. The Morgan fingerprint density at radius 3 is 2.30 bits per heavy atom. The normalized spacial score (nSPS) is 21.8. The van der Waals surface area contributed by atoms with Gasteiger partial charge in [-0.1, -0.05) is 48.0 Å². The Labute approximate surface area is 235 Å². The smallest absolute Gasteiger partial charge is 0.296 e. The quantitative estimate of drug-likeness (QED) is 0.284. The van der Waals surface area contributed by atoms with Crippen LogP contribution in [0.15, 0.2) is 59.5 Å². The summed E-state index contributed by atoms with van der Waals surface area (Å²) in [4.78, 5) is 12.4. The maximum absolute atomic E-state index is 12.6. The van der Waals surface area contributed by atoms with E-state index in [-0.39, 0.29) is 30.9 Å². The number of ether oxygens (including phenoxy) is 3. The molecule has 2 aromatic carbocycles. The summed E-state index contributed by atoms with van der Waals surface area (Å²) in [5, 5.41) is 19.7. The van der Waals surface area contributed by atoms with Gasteiger partial charge in [0.25, 0.3) is 6.01 Å². The Morgan fingerprint density at radius 2 is 1.68 bits per heavy atom. The number of hydrogen-bond acceptors (Lipinski definition) is 9. The molecule has 3 atom stereocenters. The summed E-state index contributed by atoms with van der Waals surface area (Å²) in [6.07, 6.45) is -1.55. The van der Waals surface area contributed by atoms with E-state index >= 15 is 0 Å². The molecule has 2 aromatic heterocycles. The second kappa shape index (κ2) is 11.1. The largest absolute Gasteiger partial charge is 0.459 e. The molecule has 12 heteroatoms. The monoisotopic (exact) mass is 585 g/mol. The van der Waals surface area contributed by atoms with Gasteiger partial charge in [-0.25, -0.2) is 13.4 Å². The molecular weight excluding hydrogens is 558 g/mol. The van der Waals surface area contributed by atoms with Crippen molar-refractivity contribution in [3.8, 4) is 28.4 Å². The number of fused-ring (bicyclic) bond motifs is 1. The molecule has 2 fully saturated rings. The summed E-state index contributed by atoms with van der Waals surface area (Å²) in [5.74, 6) is 0.171. The second-order valence-corrected chi connectivity index (χ2v) is 12.6. The first-order chi connectivity index (χ1) is 19.3. The lowest BCUT2D eigenvalue weighted by Gasteiger charge is -2.31. The number of hydrogen-bond donors (Lipinski definition) is 3. The van der Waals surface area contributed by atoms with Crippen LogP contribution in [0.4, 0.5) is 0 Å². The molecule has 2 saturated heterocycles. The van der Waals surface area contributed by atoms with Crippen molar-refractivity contribution in [1.29, 1.82) is 0 Å². The van der Waals surface area contributed by atoms with Crippen LogP contribution in [0.25, 0.3) is 33.5 Å². The van der Waals surface area contributed by atoms with Crippen LogP contribution in [0.3, 0.4) is 0 Å². The number of aliphatic hydroxyl groups is 2. The molecular formula is C28H28ClN3O7S. The number of benzene rings is 2. The molecule has 10 nitrogen and oxygen atoms in total. The topological polar surface area (TPSA) is 144 Å². The van der Waals surface area contributed by atoms with Gasteiger partial charge in [0.15, 0.2) is 15.5 Å². The zero-order valence-electron chi connectivity index (χ0n) is 21.4. The number of aliphatic hydroxyl groups excluding tert-OH is 2. The predicted molar refractivity (Wildman–Crippen MR) is 148 cm³/mol. The van der Waals surface area contributed by atoms with E-state index in [1.54, 1.807) is 18.2 Å². The van der Waals surface area contributed by atoms with Gasteiger partial charge in [0.1, 0.15) is 12.2 Å². The number of H-pyrrole nitrogens is 1. The lowest BCUT2D eigenvalue weighted by molar-refractivity contribution is -0.131. The molecule has 0 saturated carbocycles. The molecule has 2 aliphatic rings. The zero-order valence-corrected chi connectivity index (χ0v) is 22.9. The molecule has 0 bridgehead atoms. The van der Waals surface area contributed by atoms with E-state index in [1.807, 2.05) is 36.4 Å². The molecule has 4 aromatic rings. The SMILES string of the molecule is O=S(=O)(CC1COC1)c1ccc(-c2ccc(-c3nc4nc(OC5COC(CO)C(O)C5)[nH]c4cc3Cl)cc2)cc1. The third kappa shape index (κ3) is 5.58. The molecule has 0 aliphatic carbocycles. The zero-order chi connectivity index (χ0) is 27.9. The van der Waals surface area contributed by atoms with Gasteiger partial charge in [0, 0.05) is 17.9 Å². The van der Waals surface area contributed by atoms with Gasteiger partial charge in [0.05, 0.1) is 59.4 Å². The van der Waals surface area contributed by atoms with Crippen molar-refractivity contribution >= 4 is 32.6 Å². The summed E-state index contributed by atoms with van der Waals surface area (Å²) in [6.45, 7) is 0.966. The van der Waals surface area contributed by atoms with Crippen molar-refractivity contribution in [1.82, 2.24) is 15.0 Å². The van der Waals surface area contributed by atoms with E-state index in [4.69, 9.17) is 25.8 Å². The van der Waals surface area contributed by atoms with Crippen LogP contribution in [0.1, 0.15) is 6.42 Å². The van der Waals surface area contributed by atoms with Crippen molar-refractivity contribution in [2.24, 2.45) is 5.92 Å². The Kier molecular flexibility index (Phi) is 7.51. The highest BCUT2D eigenvalue weighted by Crippen LogP contribution is 2.32. The standard InChI is InChI=1S/C28H28ClN3O7S/c29-22-10-23-27(32-28(30-23)39-20-9-24(34)25(11-33)38-14-20)31-26(22)19-3-1-17(2-4-19)18-5-7-21(8-6-18)40(35,36)15-16-12-37-13-16/h1-8,10,16,20,24-25,33-34H,9,11-15H2,(H,30,31,32). The molecule has 210 valence electrons. The number of imidazole rings is 1. The minimum Gasteiger partial charge on any atom is -0.459 e. The van der Waals surface area contributed by atoms with Gasteiger partial charge in [-0.3, -0.25) is 0 Å². The minimum absolute atomic E-state index is 0.0680. The van der Waals surface area contributed by atoms with Crippen molar-refractivity contribution in [2.45, 2.75) is 29.6 Å². The second-order valence-electron chi connectivity index (χ2n) is 10.1. The number of nitrogens with zero attached hydrogens (tertiary/aromatic N) is 2. The van der Waals surface area contributed by atoms with Gasteiger partial charge in [0.2, 0.25) is 0 Å². The molecule has 2 aliphatic heterocycles. The molecule has 0 radical (unpaired) electrons. The summed E-state index contributed by atoms with van der Waals surface area (Å²) in [5.41, 5.74) is 4.19. The highest BCUT2D eigenvalue weighted by atomic mass is 35.5. The third-order valence-electron chi connectivity index (χ3n) is 7.16. The van der Waals surface area contributed by atoms with Crippen LogP contribution in [0.2, 0.25) is 5.02 Å². The maximum atomic E-state index is 12.6. The van der Waals surface area contributed by atoms with E-state index < -0.39 is 28.1 Å². The molecule has 6 rings (SSSR count).